The van der Waals surface area contributed by atoms with E-state index >= 15 is 0 Å². The number of phenolic OH excluding ortho intramolecular Hbond substituents is 2. The van der Waals surface area contributed by atoms with Crippen LogP contribution in [0.25, 0.3) is 23.0 Å². The molecule has 100 valence electrons. The largest absolute Gasteiger partial charge is 0.504 e. The Labute approximate surface area is 112 Å². The molecule has 3 rings (SSSR count). The zero-order valence-electron chi connectivity index (χ0n) is 9.99. The molecule has 2 aromatic heterocycles. The van der Waals surface area contributed by atoms with Gasteiger partial charge in [0.15, 0.2) is 11.5 Å². The summed E-state index contributed by atoms with van der Waals surface area (Å²) in [5.74, 6) is -0.634. The second-order valence-electron chi connectivity index (χ2n) is 3.99. The Morgan fingerprint density at radius 3 is 2.60 bits per heavy atom. The fourth-order valence-corrected chi connectivity index (χ4v) is 1.61. The Bertz CT molecular complexity index is 756. The number of aromatic nitrogens is 3. The van der Waals surface area contributed by atoms with E-state index in [1.165, 1.54) is 30.3 Å². The SMILES string of the molecule is Oc1ccc(-c2nc(-c3ccc(F)cn3)no2)cc1O. The molecule has 2 heterocycles. The normalized spacial score (nSPS) is 10.7. The number of pyridine rings is 1. The minimum atomic E-state index is -0.457. The van der Waals surface area contributed by atoms with Crippen LogP contribution in [0.5, 0.6) is 11.5 Å². The van der Waals surface area contributed by atoms with Crippen molar-refractivity contribution < 1.29 is 19.1 Å². The average molecular weight is 273 g/mol. The van der Waals surface area contributed by atoms with Gasteiger partial charge in [0.05, 0.1) is 6.20 Å². The van der Waals surface area contributed by atoms with Gasteiger partial charge in [-0.05, 0) is 30.3 Å². The quantitative estimate of drug-likeness (QED) is 0.696. The number of benzene rings is 1. The van der Waals surface area contributed by atoms with Gasteiger partial charge < -0.3 is 14.7 Å². The van der Waals surface area contributed by atoms with E-state index < -0.39 is 5.82 Å². The third-order valence-electron chi connectivity index (χ3n) is 2.60. The molecule has 0 atom stereocenters. The lowest BCUT2D eigenvalue weighted by atomic mass is 10.2. The monoisotopic (exact) mass is 273 g/mol. The molecule has 7 heteroatoms. The van der Waals surface area contributed by atoms with Crippen molar-refractivity contribution in [1.29, 1.82) is 0 Å². The van der Waals surface area contributed by atoms with Crippen LogP contribution < -0.4 is 0 Å². The molecule has 20 heavy (non-hydrogen) atoms. The molecule has 0 aliphatic heterocycles. The van der Waals surface area contributed by atoms with E-state index in [0.29, 0.717) is 11.3 Å². The highest BCUT2D eigenvalue weighted by atomic mass is 19.1. The van der Waals surface area contributed by atoms with Gasteiger partial charge in [-0.15, -0.1) is 0 Å². The Hall–Kier alpha value is -2.96. The molecule has 0 saturated carbocycles. The van der Waals surface area contributed by atoms with Gasteiger partial charge in [-0.1, -0.05) is 5.16 Å². The Balaban J connectivity index is 1.97. The van der Waals surface area contributed by atoms with Gasteiger partial charge in [0, 0.05) is 5.56 Å². The first-order chi connectivity index (χ1) is 9.63. The molecule has 3 aromatic rings. The molecule has 6 nitrogen and oxygen atoms in total. The van der Waals surface area contributed by atoms with Crippen LogP contribution in [0.1, 0.15) is 0 Å². The van der Waals surface area contributed by atoms with Crippen LogP contribution in [0, 0.1) is 5.82 Å². The third-order valence-corrected chi connectivity index (χ3v) is 2.60. The van der Waals surface area contributed by atoms with Crippen molar-refractivity contribution in [1.82, 2.24) is 15.1 Å². The van der Waals surface area contributed by atoms with E-state index in [2.05, 4.69) is 15.1 Å². The van der Waals surface area contributed by atoms with Crippen LogP contribution in [0.15, 0.2) is 41.1 Å². The van der Waals surface area contributed by atoms with Gasteiger partial charge in [-0.3, -0.25) is 0 Å². The highest BCUT2D eigenvalue weighted by Crippen LogP contribution is 2.30. The van der Waals surface area contributed by atoms with Gasteiger partial charge in [-0.2, -0.15) is 4.98 Å². The van der Waals surface area contributed by atoms with Gasteiger partial charge in [-0.25, -0.2) is 9.37 Å². The number of phenols is 2. The lowest BCUT2D eigenvalue weighted by molar-refractivity contribution is 0.402. The van der Waals surface area contributed by atoms with E-state index in [1.54, 1.807) is 0 Å². The summed E-state index contributed by atoms with van der Waals surface area (Å²) in [6.07, 6.45) is 1.05. The Kier molecular flexibility index (Phi) is 2.79. The third kappa shape index (κ3) is 2.16. The first-order valence-corrected chi connectivity index (χ1v) is 5.61. The molecule has 0 aliphatic rings. The molecule has 0 fully saturated rings. The van der Waals surface area contributed by atoms with Crippen molar-refractivity contribution in [3.63, 3.8) is 0 Å². The summed E-state index contributed by atoms with van der Waals surface area (Å²) in [7, 11) is 0. The van der Waals surface area contributed by atoms with Gasteiger partial charge in [0.2, 0.25) is 5.82 Å². The number of hydrogen-bond donors (Lipinski definition) is 2. The van der Waals surface area contributed by atoms with Crippen molar-refractivity contribution in [2.75, 3.05) is 0 Å². The van der Waals surface area contributed by atoms with Gasteiger partial charge in [0.25, 0.3) is 5.89 Å². The summed E-state index contributed by atoms with van der Waals surface area (Å²) in [4.78, 5) is 7.93. The predicted octanol–water partition coefficient (Wildman–Crippen LogP) is 2.35. The van der Waals surface area contributed by atoms with Crippen LogP contribution >= 0.6 is 0 Å². The molecule has 0 amide bonds. The van der Waals surface area contributed by atoms with E-state index in [4.69, 9.17) is 4.52 Å². The fraction of sp³-hybridized carbons (Fsp3) is 0. The second-order valence-corrected chi connectivity index (χ2v) is 3.99. The summed E-state index contributed by atoms with van der Waals surface area (Å²) < 4.78 is 17.8. The molecule has 0 radical (unpaired) electrons. The molecular formula is C13H8FN3O3. The summed E-state index contributed by atoms with van der Waals surface area (Å²) in [5.41, 5.74) is 0.811. The van der Waals surface area contributed by atoms with E-state index in [1.807, 2.05) is 0 Å². The highest BCUT2D eigenvalue weighted by molar-refractivity contribution is 5.61. The van der Waals surface area contributed by atoms with Crippen LogP contribution in [0.3, 0.4) is 0 Å². The summed E-state index contributed by atoms with van der Waals surface area (Å²) in [5, 5.41) is 22.4. The van der Waals surface area contributed by atoms with Gasteiger partial charge in [0.1, 0.15) is 11.5 Å². The first-order valence-electron chi connectivity index (χ1n) is 5.61. The van der Waals surface area contributed by atoms with E-state index in [-0.39, 0.29) is 23.2 Å². The van der Waals surface area contributed by atoms with Crippen LogP contribution in [0.4, 0.5) is 4.39 Å². The van der Waals surface area contributed by atoms with Crippen LogP contribution in [0.2, 0.25) is 0 Å². The highest BCUT2D eigenvalue weighted by Gasteiger charge is 2.13. The number of nitrogens with zero attached hydrogens (tertiary/aromatic N) is 3. The minimum absolute atomic E-state index is 0.154. The van der Waals surface area contributed by atoms with Crippen molar-refractivity contribution in [3.8, 4) is 34.5 Å². The molecule has 0 bridgehead atoms. The zero-order valence-corrected chi connectivity index (χ0v) is 9.99. The molecule has 2 N–H and O–H groups in total. The molecule has 0 unspecified atom stereocenters. The fourth-order valence-electron chi connectivity index (χ4n) is 1.61. The molecule has 0 saturated heterocycles. The molecule has 1 aromatic carbocycles. The zero-order chi connectivity index (χ0) is 14.1. The Morgan fingerprint density at radius 2 is 1.90 bits per heavy atom. The van der Waals surface area contributed by atoms with Gasteiger partial charge >= 0.3 is 0 Å². The second kappa shape index (κ2) is 4.61. The van der Waals surface area contributed by atoms with Crippen LogP contribution in [-0.4, -0.2) is 25.3 Å². The maximum Gasteiger partial charge on any atom is 0.258 e. The minimum Gasteiger partial charge on any atom is -0.504 e. The number of hydrogen-bond acceptors (Lipinski definition) is 6. The molecule has 0 aliphatic carbocycles. The van der Waals surface area contributed by atoms with Crippen LogP contribution in [-0.2, 0) is 0 Å². The number of halogens is 1. The first kappa shape index (κ1) is 12.1. The Morgan fingerprint density at radius 1 is 1.05 bits per heavy atom. The van der Waals surface area contributed by atoms with Crippen molar-refractivity contribution in [2.24, 2.45) is 0 Å². The van der Waals surface area contributed by atoms with Crippen molar-refractivity contribution >= 4 is 0 Å². The maximum absolute atomic E-state index is 12.8. The average Bonchev–Trinajstić information content (AvgIpc) is 2.92. The molecular weight excluding hydrogens is 265 g/mol. The lowest BCUT2D eigenvalue weighted by Gasteiger charge is -1.98. The summed E-state index contributed by atoms with van der Waals surface area (Å²) in [6, 6.07) is 6.79. The molecule has 0 spiro atoms. The smallest absolute Gasteiger partial charge is 0.258 e. The van der Waals surface area contributed by atoms with Crippen molar-refractivity contribution in [3.05, 3.63) is 42.3 Å². The van der Waals surface area contributed by atoms with E-state index in [9.17, 15) is 14.6 Å². The summed E-state index contributed by atoms with van der Waals surface area (Å²) >= 11 is 0. The topological polar surface area (TPSA) is 92.3 Å². The lowest BCUT2D eigenvalue weighted by Crippen LogP contribution is -1.86. The maximum atomic E-state index is 12.8. The van der Waals surface area contributed by atoms with Crippen molar-refractivity contribution in [2.45, 2.75) is 0 Å². The number of aromatic hydroxyl groups is 2. The standard InChI is InChI=1S/C13H8FN3O3/c14-8-2-3-9(15-6-8)12-16-13(20-17-12)7-1-4-10(18)11(19)5-7/h1-6,18-19H. The summed E-state index contributed by atoms with van der Waals surface area (Å²) in [6.45, 7) is 0. The number of rotatable bonds is 2. The predicted molar refractivity (Wildman–Crippen MR) is 66.3 cm³/mol. The van der Waals surface area contributed by atoms with E-state index in [0.717, 1.165) is 6.20 Å².